The Labute approximate surface area is 120 Å². The topological polar surface area (TPSA) is 26.7 Å². The van der Waals surface area contributed by atoms with E-state index < -0.39 is 6.10 Å². The number of hydrogen-bond acceptors (Lipinski definition) is 3. The van der Waals surface area contributed by atoms with Crippen molar-refractivity contribution in [3.63, 3.8) is 0 Å². The van der Waals surface area contributed by atoms with Crippen molar-refractivity contribution in [3.8, 4) is 0 Å². The van der Waals surface area contributed by atoms with Crippen molar-refractivity contribution in [2.75, 3.05) is 31.6 Å². The summed E-state index contributed by atoms with van der Waals surface area (Å²) in [5.41, 5.74) is 2.07. The SMILES string of the molecule is CC(O)c1ccc(N2CCN(C)C(C)(C)C2)c(Cl)c1. The average molecular weight is 283 g/mol. The molecule has 1 fully saturated rings. The lowest BCUT2D eigenvalue weighted by atomic mass is 9.99. The Kier molecular flexibility index (Phi) is 4.09. The van der Waals surface area contributed by atoms with E-state index in [0.717, 1.165) is 35.9 Å². The van der Waals surface area contributed by atoms with Crippen LogP contribution in [0.1, 0.15) is 32.4 Å². The Morgan fingerprint density at radius 1 is 1.32 bits per heavy atom. The fourth-order valence-corrected chi connectivity index (χ4v) is 2.79. The number of hydrogen-bond donors (Lipinski definition) is 1. The van der Waals surface area contributed by atoms with Gasteiger partial charge >= 0.3 is 0 Å². The van der Waals surface area contributed by atoms with Crippen LogP contribution in [0.3, 0.4) is 0 Å². The first-order valence-electron chi connectivity index (χ1n) is 6.75. The minimum absolute atomic E-state index is 0.143. The molecule has 2 rings (SSSR count). The molecular weight excluding hydrogens is 260 g/mol. The summed E-state index contributed by atoms with van der Waals surface area (Å²) in [5.74, 6) is 0. The Bertz CT molecular complexity index is 459. The zero-order chi connectivity index (χ0) is 14.2. The standard InChI is InChI=1S/C15H23ClN2O/c1-11(19)12-5-6-14(13(16)9-12)18-8-7-17(4)15(2,3)10-18/h5-6,9,11,19H,7-8,10H2,1-4H3. The van der Waals surface area contributed by atoms with Crippen LogP contribution < -0.4 is 4.90 Å². The van der Waals surface area contributed by atoms with E-state index in [4.69, 9.17) is 11.6 Å². The molecule has 1 aliphatic rings. The molecule has 4 heteroatoms. The van der Waals surface area contributed by atoms with E-state index in [1.54, 1.807) is 6.92 Å². The second-order valence-corrected chi connectivity index (χ2v) is 6.45. The smallest absolute Gasteiger partial charge is 0.0762 e. The highest BCUT2D eigenvalue weighted by atomic mass is 35.5. The van der Waals surface area contributed by atoms with Crippen molar-refractivity contribution >= 4 is 17.3 Å². The molecule has 106 valence electrons. The van der Waals surface area contributed by atoms with E-state index in [1.165, 1.54) is 0 Å². The van der Waals surface area contributed by atoms with Crippen molar-refractivity contribution in [2.24, 2.45) is 0 Å². The van der Waals surface area contributed by atoms with Gasteiger partial charge in [0.15, 0.2) is 0 Å². The van der Waals surface area contributed by atoms with Crippen LogP contribution in [0.25, 0.3) is 0 Å². The molecule has 0 aromatic heterocycles. The van der Waals surface area contributed by atoms with E-state index in [9.17, 15) is 5.11 Å². The van der Waals surface area contributed by atoms with Gasteiger partial charge in [0.2, 0.25) is 0 Å². The number of rotatable bonds is 2. The number of aliphatic hydroxyl groups excluding tert-OH is 1. The summed E-state index contributed by atoms with van der Waals surface area (Å²) in [7, 11) is 2.16. The highest BCUT2D eigenvalue weighted by Gasteiger charge is 2.31. The first kappa shape index (κ1) is 14.6. The third kappa shape index (κ3) is 3.04. The number of aliphatic hydroxyl groups is 1. The first-order chi connectivity index (χ1) is 8.81. The number of anilines is 1. The van der Waals surface area contributed by atoms with Crippen LogP contribution in [0, 0.1) is 0 Å². The van der Waals surface area contributed by atoms with Crippen LogP contribution >= 0.6 is 11.6 Å². The molecule has 0 saturated carbocycles. The Morgan fingerprint density at radius 2 is 2.00 bits per heavy atom. The molecule has 0 spiro atoms. The van der Waals surface area contributed by atoms with E-state index in [1.807, 2.05) is 18.2 Å². The summed E-state index contributed by atoms with van der Waals surface area (Å²) in [5, 5.41) is 10.3. The Hall–Kier alpha value is -0.770. The van der Waals surface area contributed by atoms with Crippen LogP contribution in [0.5, 0.6) is 0 Å². The number of nitrogens with zero attached hydrogens (tertiary/aromatic N) is 2. The highest BCUT2D eigenvalue weighted by Crippen LogP contribution is 2.32. The van der Waals surface area contributed by atoms with E-state index in [2.05, 4.69) is 30.7 Å². The first-order valence-corrected chi connectivity index (χ1v) is 7.13. The molecule has 0 amide bonds. The maximum absolute atomic E-state index is 9.59. The van der Waals surface area contributed by atoms with Gasteiger partial charge in [-0.15, -0.1) is 0 Å². The average Bonchev–Trinajstić information content (AvgIpc) is 2.32. The third-order valence-electron chi connectivity index (χ3n) is 4.11. The van der Waals surface area contributed by atoms with Gasteiger partial charge in [0.1, 0.15) is 0 Å². The highest BCUT2D eigenvalue weighted by molar-refractivity contribution is 6.33. The molecule has 1 N–H and O–H groups in total. The van der Waals surface area contributed by atoms with Gasteiger partial charge in [-0.2, -0.15) is 0 Å². The molecule has 1 heterocycles. The number of likely N-dealkylation sites (N-methyl/N-ethyl adjacent to an activating group) is 1. The molecule has 0 radical (unpaired) electrons. The normalized spacial score (nSPS) is 21.5. The molecule has 0 aliphatic carbocycles. The van der Waals surface area contributed by atoms with Gasteiger partial charge in [0, 0.05) is 25.2 Å². The molecule has 1 atom stereocenters. The summed E-state index contributed by atoms with van der Waals surface area (Å²) in [6, 6.07) is 5.84. The summed E-state index contributed by atoms with van der Waals surface area (Å²) in [6.45, 7) is 9.21. The minimum Gasteiger partial charge on any atom is -0.389 e. The van der Waals surface area contributed by atoms with Gasteiger partial charge in [-0.3, -0.25) is 4.90 Å². The van der Waals surface area contributed by atoms with Gasteiger partial charge in [-0.25, -0.2) is 0 Å². The molecule has 1 saturated heterocycles. The maximum atomic E-state index is 9.59. The van der Waals surface area contributed by atoms with Crippen LogP contribution in [0.4, 0.5) is 5.69 Å². The van der Waals surface area contributed by atoms with E-state index in [0.29, 0.717) is 0 Å². The van der Waals surface area contributed by atoms with Crippen molar-refractivity contribution in [1.29, 1.82) is 0 Å². The van der Waals surface area contributed by atoms with Gasteiger partial charge in [0.25, 0.3) is 0 Å². The summed E-state index contributed by atoms with van der Waals surface area (Å²) in [4.78, 5) is 4.70. The van der Waals surface area contributed by atoms with Gasteiger partial charge in [-0.05, 0) is 45.5 Å². The quantitative estimate of drug-likeness (QED) is 0.903. The van der Waals surface area contributed by atoms with Crippen molar-refractivity contribution in [1.82, 2.24) is 4.90 Å². The summed E-state index contributed by atoms with van der Waals surface area (Å²) in [6.07, 6.45) is -0.476. The van der Waals surface area contributed by atoms with Crippen molar-refractivity contribution in [3.05, 3.63) is 28.8 Å². The largest absolute Gasteiger partial charge is 0.389 e. The maximum Gasteiger partial charge on any atom is 0.0762 e. The Morgan fingerprint density at radius 3 is 2.53 bits per heavy atom. The molecule has 19 heavy (non-hydrogen) atoms. The zero-order valence-electron chi connectivity index (χ0n) is 12.2. The monoisotopic (exact) mass is 282 g/mol. The fraction of sp³-hybridized carbons (Fsp3) is 0.600. The van der Waals surface area contributed by atoms with Crippen LogP contribution in [0.2, 0.25) is 5.02 Å². The van der Waals surface area contributed by atoms with E-state index >= 15 is 0 Å². The fourth-order valence-electron chi connectivity index (χ4n) is 2.49. The van der Waals surface area contributed by atoms with Gasteiger partial charge < -0.3 is 10.0 Å². The summed E-state index contributed by atoms with van der Waals surface area (Å²) >= 11 is 6.37. The molecular formula is C15H23ClN2O. The van der Waals surface area contributed by atoms with Gasteiger partial charge in [-0.1, -0.05) is 17.7 Å². The molecule has 1 unspecified atom stereocenters. The summed E-state index contributed by atoms with van der Waals surface area (Å²) < 4.78 is 0. The second kappa shape index (κ2) is 5.31. The van der Waals surface area contributed by atoms with E-state index in [-0.39, 0.29) is 5.54 Å². The number of piperazine rings is 1. The lowest BCUT2D eigenvalue weighted by molar-refractivity contribution is 0.139. The van der Waals surface area contributed by atoms with Gasteiger partial charge in [0.05, 0.1) is 16.8 Å². The zero-order valence-corrected chi connectivity index (χ0v) is 12.9. The minimum atomic E-state index is -0.476. The Balaban J connectivity index is 2.23. The molecule has 1 aromatic rings. The number of halogens is 1. The molecule has 0 bridgehead atoms. The predicted molar refractivity (Wildman–Crippen MR) is 81.0 cm³/mol. The molecule has 1 aliphatic heterocycles. The molecule has 3 nitrogen and oxygen atoms in total. The van der Waals surface area contributed by atoms with Crippen molar-refractivity contribution in [2.45, 2.75) is 32.4 Å². The van der Waals surface area contributed by atoms with Crippen LogP contribution in [0.15, 0.2) is 18.2 Å². The second-order valence-electron chi connectivity index (χ2n) is 6.04. The van der Waals surface area contributed by atoms with Crippen LogP contribution in [-0.2, 0) is 0 Å². The predicted octanol–water partition coefficient (Wildman–Crippen LogP) is 2.92. The number of benzene rings is 1. The van der Waals surface area contributed by atoms with Crippen LogP contribution in [-0.4, -0.2) is 42.2 Å². The van der Waals surface area contributed by atoms with Crippen molar-refractivity contribution < 1.29 is 5.11 Å². The third-order valence-corrected chi connectivity index (χ3v) is 4.41. The molecule has 1 aromatic carbocycles. The lowest BCUT2D eigenvalue weighted by Gasteiger charge is -2.46. The lowest BCUT2D eigenvalue weighted by Crippen LogP contribution is -2.57.